The third-order valence-corrected chi connectivity index (χ3v) is 8.05. The number of carboxylic acids is 3. The monoisotopic (exact) mass is 599 g/mol. The Morgan fingerprint density at radius 1 is 1.00 bits per heavy atom. The van der Waals surface area contributed by atoms with Crippen LogP contribution in [0.1, 0.15) is 55.3 Å². The largest absolute Gasteiger partial charge is 0.481 e. The summed E-state index contributed by atoms with van der Waals surface area (Å²) < 4.78 is 13.7. The summed E-state index contributed by atoms with van der Waals surface area (Å²) in [5, 5.41) is 37.8. The molecule has 43 heavy (non-hydrogen) atoms. The van der Waals surface area contributed by atoms with Crippen LogP contribution in [0.2, 0.25) is 0 Å². The minimum atomic E-state index is -2.74. The Bertz CT molecular complexity index is 1450. The topological polar surface area (TPSA) is 180 Å². The van der Waals surface area contributed by atoms with E-state index in [1.165, 1.54) is 17.7 Å². The molecule has 11 nitrogen and oxygen atoms in total. The van der Waals surface area contributed by atoms with Crippen molar-refractivity contribution in [1.29, 1.82) is 0 Å². The van der Waals surface area contributed by atoms with Gasteiger partial charge in [0.1, 0.15) is 5.82 Å². The van der Waals surface area contributed by atoms with Gasteiger partial charge in [-0.15, -0.1) is 0 Å². The fourth-order valence-corrected chi connectivity index (χ4v) is 5.72. The first-order chi connectivity index (χ1) is 20.2. The van der Waals surface area contributed by atoms with Gasteiger partial charge in [-0.05, 0) is 76.0 Å². The molecule has 1 aliphatic carbocycles. The fraction of sp³-hybridized carbons (Fsp3) is 0.419. The lowest BCUT2D eigenvalue weighted by atomic mass is 9.74. The number of hydrogen-bond acceptors (Lipinski definition) is 6. The first kappa shape index (κ1) is 33.2. The molecule has 1 heterocycles. The van der Waals surface area contributed by atoms with Crippen LogP contribution in [-0.4, -0.2) is 79.9 Å². The van der Waals surface area contributed by atoms with Gasteiger partial charge in [-0.2, -0.15) is 0 Å². The number of carbonyl (C=O) groups excluding carboxylic acids is 1. The highest BCUT2D eigenvalue weighted by Gasteiger charge is 2.41. The highest BCUT2D eigenvalue weighted by atomic mass is 19.1. The molecule has 1 fully saturated rings. The van der Waals surface area contributed by atoms with Gasteiger partial charge in [0.25, 0.3) is 0 Å². The third-order valence-electron chi connectivity index (χ3n) is 8.05. The molecule has 0 unspecified atom stereocenters. The second kappa shape index (κ2) is 13.8. The van der Waals surface area contributed by atoms with Crippen LogP contribution in [0.3, 0.4) is 0 Å². The molecule has 2 aromatic carbocycles. The van der Waals surface area contributed by atoms with Crippen molar-refractivity contribution >= 4 is 34.7 Å². The fourth-order valence-electron chi connectivity index (χ4n) is 5.72. The van der Waals surface area contributed by atoms with Crippen molar-refractivity contribution in [3.8, 4) is 0 Å². The van der Waals surface area contributed by atoms with Crippen LogP contribution in [0.25, 0.3) is 10.9 Å². The molecule has 232 valence electrons. The SMILES string of the molecule is Cc1[nH]c2ccc(F)cc2c1CC(=O)NC1CCC(c2ccccc2)(N(C)C)CC1.O=C(O)CC(O)(CC(=O)O)C(=O)O. The van der Waals surface area contributed by atoms with E-state index in [9.17, 15) is 23.6 Å². The van der Waals surface area contributed by atoms with Gasteiger partial charge in [-0.3, -0.25) is 19.3 Å². The number of carboxylic acid groups (broad SMARTS) is 3. The van der Waals surface area contributed by atoms with E-state index in [1.54, 1.807) is 6.07 Å². The van der Waals surface area contributed by atoms with E-state index >= 15 is 0 Å². The lowest BCUT2D eigenvalue weighted by Gasteiger charge is -2.45. The van der Waals surface area contributed by atoms with Gasteiger partial charge in [-0.1, -0.05) is 30.3 Å². The van der Waals surface area contributed by atoms with Gasteiger partial charge in [0.05, 0.1) is 19.3 Å². The second-order valence-corrected chi connectivity index (χ2v) is 11.2. The number of nitrogens with one attached hydrogen (secondary N) is 2. The molecule has 3 aromatic rings. The van der Waals surface area contributed by atoms with Gasteiger partial charge < -0.3 is 30.7 Å². The number of halogens is 1. The maximum atomic E-state index is 13.7. The summed E-state index contributed by atoms with van der Waals surface area (Å²) in [5.74, 6) is -5.30. The number of aliphatic hydroxyl groups is 1. The summed E-state index contributed by atoms with van der Waals surface area (Å²) in [7, 11) is 4.29. The number of benzene rings is 2. The molecule has 4 rings (SSSR count). The Morgan fingerprint density at radius 3 is 2.09 bits per heavy atom. The zero-order valence-corrected chi connectivity index (χ0v) is 24.4. The number of aromatic nitrogens is 1. The van der Waals surface area contributed by atoms with E-state index in [2.05, 4.69) is 59.6 Å². The van der Waals surface area contributed by atoms with Gasteiger partial charge in [-0.25, -0.2) is 9.18 Å². The maximum absolute atomic E-state index is 13.7. The Kier molecular flexibility index (Phi) is 10.7. The number of amides is 1. The minimum absolute atomic E-state index is 0.00493. The highest BCUT2D eigenvalue weighted by molar-refractivity contribution is 5.90. The van der Waals surface area contributed by atoms with Crippen LogP contribution in [0.4, 0.5) is 4.39 Å². The molecule has 1 aromatic heterocycles. The zero-order chi connectivity index (χ0) is 31.9. The second-order valence-electron chi connectivity index (χ2n) is 11.2. The first-order valence-electron chi connectivity index (χ1n) is 13.9. The van der Waals surface area contributed by atoms with Crippen LogP contribution >= 0.6 is 0 Å². The average Bonchev–Trinajstić information content (AvgIpc) is 3.22. The average molecular weight is 600 g/mol. The van der Waals surface area contributed by atoms with E-state index in [1.807, 2.05) is 6.92 Å². The molecule has 0 spiro atoms. The summed E-state index contributed by atoms with van der Waals surface area (Å²) >= 11 is 0. The number of aryl methyl sites for hydroxylation is 1. The summed E-state index contributed by atoms with van der Waals surface area (Å²) in [6.45, 7) is 1.94. The molecule has 1 aliphatic rings. The van der Waals surface area contributed by atoms with Crippen molar-refractivity contribution in [1.82, 2.24) is 15.2 Å². The number of fused-ring (bicyclic) bond motifs is 1. The van der Waals surface area contributed by atoms with Gasteiger partial charge in [0.2, 0.25) is 5.91 Å². The number of aliphatic carboxylic acids is 3. The van der Waals surface area contributed by atoms with Crippen LogP contribution < -0.4 is 5.32 Å². The van der Waals surface area contributed by atoms with Crippen molar-refractivity contribution in [2.24, 2.45) is 0 Å². The molecule has 1 saturated carbocycles. The Morgan fingerprint density at radius 2 is 1.58 bits per heavy atom. The quantitative estimate of drug-likeness (QED) is 0.204. The van der Waals surface area contributed by atoms with Gasteiger partial charge >= 0.3 is 17.9 Å². The molecule has 0 bridgehead atoms. The first-order valence-corrected chi connectivity index (χ1v) is 13.9. The summed E-state index contributed by atoms with van der Waals surface area (Å²) in [4.78, 5) is 48.9. The number of rotatable bonds is 10. The molecule has 6 N–H and O–H groups in total. The van der Waals surface area contributed by atoms with Gasteiger partial charge in [0, 0.05) is 28.2 Å². The van der Waals surface area contributed by atoms with Crippen molar-refractivity contribution < 1.29 is 44.0 Å². The predicted molar refractivity (Wildman–Crippen MR) is 156 cm³/mol. The molecule has 12 heteroatoms. The Hall–Kier alpha value is -4.29. The lowest BCUT2D eigenvalue weighted by Crippen LogP contribution is -2.48. The van der Waals surface area contributed by atoms with E-state index < -0.39 is 36.4 Å². The zero-order valence-electron chi connectivity index (χ0n) is 24.4. The molecular weight excluding hydrogens is 561 g/mol. The van der Waals surface area contributed by atoms with Crippen LogP contribution in [0.15, 0.2) is 48.5 Å². The van der Waals surface area contributed by atoms with Crippen LogP contribution in [-0.2, 0) is 31.1 Å². The highest BCUT2D eigenvalue weighted by Crippen LogP contribution is 2.41. The number of H-pyrrole nitrogens is 1. The van der Waals surface area contributed by atoms with E-state index in [0.29, 0.717) is 0 Å². The maximum Gasteiger partial charge on any atom is 0.336 e. The minimum Gasteiger partial charge on any atom is -0.481 e. The van der Waals surface area contributed by atoms with Gasteiger partial charge in [0.15, 0.2) is 5.60 Å². The summed E-state index contributed by atoms with van der Waals surface area (Å²) in [5.41, 5.74) is 1.30. The van der Waals surface area contributed by atoms with Crippen molar-refractivity contribution in [3.05, 3.63) is 71.2 Å². The standard InChI is InChI=1S/C25H30FN3O.C6H8O7/c1-17-21(22-15-19(26)9-10-23(22)27-17)16-24(30)28-20-11-13-25(14-12-20,29(2)3)18-7-5-4-6-8-18;7-3(8)1-6(13,5(11)12)2-4(9)10/h4-10,15,20,27H,11-14,16H2,1-3H3,(H,28,30);13H,1-2H2,(H,7,8)(H,9,10)(H,11,12). The van der Waals surface area contributed by atoms with E-state index in [4.69, 9.17) is 20.4 Å². The summed E-state index contributed by atoms with van der Waals surface area (Å²) in [6.07, 6.45) is 1.88. The number of carbonyl (C=O) groups is 4. The van der Waals surface area contributed by atoms with Crippen LogP contribution in [0.5, 0.6) is 0 Å². The smallest absolute Gasteiger partial charge is 0.336 e. The summed E-state index contributed by atoms with van der Waals surface area (Å²) in [6, 6.07) is 15.5. The molecule has 1 amide bonds. The molecular formula is C31H38FN3O8. The predicted octanol–water partition coefficient (Wildman–Crippen LogP) is 3.43. The Balaban J connectivity index is 0.000000331. The van der Waals surface area contributed by atoms with Crippen LogP contribution in [0, 0.1) is 12.7 Å². The van der Waals surface area contributed by atoms with Crippen molar-refractivity contribution in [2.75, 3.05) is 14.1 Å². The number of aromatic amines is 1. The molecule has 0 radical (unpaired) electrons. The van der Waals surface area contributed by atoms with Crippen molar-refractivity contribution in [2.45, 2.75) is 69.1 Å². The Labute approximate surface area is 248 Å². The lowest BCUT2D eigenvalue weighted by molar-refractivity contribution is -0.170. The van der Waals surface area contributed by atoms with E-state index in [0.717, 1.165) is 47.8 Å². The van der Waals surface area contributed by atoms with E-state index in [-0.39, 0.29) is 29.7 Å². The third kappa shape index (κ3) is 8.17. The molecule has 0 atom stereocenters. The molecule has 0 saturated heterocycles. The number of hydrogen-bond donors (Lipinski definition) is 6. The normalized spacial score (nSPS) is 18.5. The number of nitrogens with zero attached hydrogens (tertiary/aromatic N) is 1. The van der Waals surface area contributed by atoms with Crippen molar-refractivity contribution in [3.63, 3.8) is 0 Å². The molecule has 0 aliphatic heterocycles.